The highest BCUT2D eigenvalue weighted by atomic mass is 16.5. The lowest BCUT2D eigenvalue weighted by atomic mass is 10.0. The number of rotatable bonds is 6. The lowest BCUT2D eigenvalue weighted by molar-refractivity contribution is 0.112. The predicted molar refractivity (Wildman–Crippen MR) is 73.3 cm³/mol. The summed E-state index contributed by atoms with van der Waals surface area (Å²) in [7, 11) is 3.22. The van der Waals surface area contributed by atoms with Gasteiger partial charge in [-0.3, -0.25) is 4.79 Å². The standard InChI is InChI=1S/C15H16O4/c1-17-8-9-19-14-5-3-4-12-13(18-2)7-6-11(10-16)15(12)14/h3-7,10H,8-9H2,1-2H3. The summed E-state index contributed by atoms with van der Waals surface area (Å²) in [4.78, 5) is 11.2. The molecule has 0 unspecified atom stereocenters. The van der Waals surface area contributed by atoms with Crippen molar-refractivity contribution in [3.8, 4) is 11.5 Å². The summed E-state index contributed by atoms with van der Waals surface area (Å²) >= 11 is 0. The topological polar surface area (TPSA) is 44.8 Å². The van der Waals surface area contributed by atoms with Crippen molar-refractivity contribution in [2.24, 2.45) is 0 Å². The maximum Gasteiger partial charge on any atom is 0.150 e. The number of ether oxygens (including phenoxy) is 3. The molecular formula is C15H16O4. The third-order valence-electron chi connectivity index (χ3n) is 2.89. The quantitative estimate of drug-likeness (QED) is 0.591. The van der Waals surface area contributed by atoms with E-state index in [0.717, 1.165) is 22.8 Å². The van der Waals surface area contributed by atoms with Crippen LogP contribution in [0.4, 0.5) is 0 Å². The summed E-state index contributed by atoms with van der Waals surface area (Å²) in [5.41, 5.74) is 0.587. The minimum Gasteiger partial charge on any atom is -0.496 e. The minimum atomic E-state index is 0.436. The fourth-order valence-corrected chi connectivity index (χ4v) is 2.00. The molecule has 0 spiro atoms. The average Bonchev–Trinajstić information content (AvgIpc) is 2.46. The van der Waals surface area contributed by atoms with Crippen LogP contribution in [0.3, 0.4) is 0 Å². The number of benzene rings is 2. The molecule has 0 aliphatic heterocycles. The summed E-state index contributed by atoms with van der Waals surface area (Å²) in [6.45, 7) is 0.932. The molecule has 0 radical (unpaired) electrons. The molecule has 0 aromatic heterocycles. The highest BCUT2D eigenvalue weighted by Crippen LogP contribution is 2.34. The molecular weight excluding hydrogens is 244 g/mol. The zero-order valence-electron chi connectivity index (χ0n) is 11.0. The maximum absolute atomic E-state index is 11.2. The number of carbonyl (C=O) groups excluding carboxylic acids is 1. The van der Waals surface area contributed by atoms with Crippen LogP contribution in [0.2, 0.25) is 0 Å². The molecule has 0 bridgehead atoms. The zero-order valence-corrected chi connectivity index (χ0v) is 11.0. The Labute approximate surface area is 111 Å². The van der Waals surface area contributed by atoms with Gasteiger partial charge in [-0.15, -0.1) is 0 Å². The van der Waals surface area contributed by atoms with Crippen LogP contribution in [0, 0.1) is 0 Å². The van der Waals surface area contributed by atoms with Crippen molar-refractivity contribution in [1.82, 2.24) is 0 Å². The van der Waals surface area contributed by atoms with E-state index in [1.54, 1.807) is 26.4 Å². The molecule has 0 aliphatic carbocycles. The van der Waals surface area contributed by atoms with Gasteiger partial charge in [-0.2, -0.15) is 0 Å². The van der Waals surface area contributed by atoms with Crippen LogP contribution in [-0.4, -0.2) is 33.7 Å². The molecule has 0 saturated carbocycles. The Morgan fingerprint density at radius 1 is 1.05 bits per heavy atom. The third kappa shape index (κ3) is 2.69. The Balaban J connectivity index is 2.54. The Kier molecular flexibility index (Phi) is 4.36. The number of aldehydes is 1. The van der Waals surface area contributed by atoms with Gasteiger partial charge in [0.05, 0.1) is 13.7 Å². The first-order valence-corrected chi connectivity index (χ1v) is 5.98. The summed E-state index contributed by atoms with van der Waals surface area (Å²) in [6, 6.07) is 9.14. The van der Waals surface area contributed by atoms with Gasteiger partial charge in [-0.1, -0.05) is 12.1 Å². The van der Waals surface area contributed by atoms with E-state index in [0.29, 0.717) is 24.5 Å². The van der Waals surface area contributed by atoms with Crippen molar-refractivity contribution >= 4 is 17.1 Å². The van der Waals surface area contributed by atoms with Gasteiger partial charge >= 0.3 is 0 Å². The normalized spacial score (nSPS) is 10.4. The SMILES string of the molecule is COCCOc1cccc2c(OC)ccc(C=O)c12. The number of methoxy groups -OCH3 is 2. The third-order valence-corrected chi connectivity index (χ3v) is 2.89. The van der Waals surface area contributed by atoms with Crippen molar-refractivity contribution < 1.29 is 19.0 Å². The van der Waals surface area contributed by atoms with Crippen molar-refractivity contribution in [3.05, 3.63) is 35.9 Å². The van der Waals surface area contributed by atoms with Crippen LogP contribution in [0.5, 0.6) is 11.5 Å². The molecule has 4 nitrogen and oxygen atoms in total. The molecule has 0 heterocycles. The predicted octanol–water partition coefficient (Wildman–Crippen LogP) is 2.69. The van der Waals surface area contributed by atoms with Crippen LogP contribution >= 0.6 is 0 Å². The van der Waals surface area contributed by atoms with Crippen molar-refractivity contribution in [3.63, 3.8) is 0 Å². The van der Waals surface area contributed by atoms with Crippen LogP contribution in [0.15, 0.2) is 30.3 Å². The maximum atomic E-state index is 11.2. The van der Waals surface area contributed by atoms with Gasteiger partial charge in [0, 0.05) is 23.4 Å². The van der Waals surface area contributed by atoms with Crippen LogP contribution in [0.25, 0.3) is 10.8 Å². The van der Waals surface area contributed by atoms with Crippen molar-refractivity contribution in [1.29, 1.82) is 0 Å². The monoisotopic (exact) mass is 260 g/mol. The molecule has 4 heteroatoms. The smallest absolute Gasteiger partial charge is 0.150 e. The van der Waals surface area contributed by atoms with E-state index in [9.17, 15) is 4.79 Å². The van der Waals surface area contributed by atoms with Crippen molar-refractivity contribution in [2.75, 3.05) is 27.4 Å². The van der Waals surface area contributed by atoms with Gasteiger partial charge < -0.3 is 14.2 Å². The van der Waals surface area contributed by atoms with E-state index in [1.165, 1.54) is 0 Å². The fraction of sp³-hybridized carbons (Fsp3) is 0.267. The molecule has 0 aliphatic rings. The Morgan fingerprint density at radius 3 is 2.58 bits per heavy atom. The molecule has 2 aromatic rings. The highest BCUT2D eigenvalue weighted by Gasteiger charge is 2.11. The van der Waals surface area contributed by atoms with E-state index in [1.807, 2.05) is 18.2 Å². The van der Waals surface area contributed by atoms with Gasteiger partial charge in [0.1, 0.15) is 18.1 Å². The van der Waals surface area contributed by atoms with E-state index >= 15 is 0 Å². The molecule has 0 N–H and O–H groups in total. The Morgan fingerprint density at radius 2 is 1.89 bits per heavy atom. The molecule has 100 valence electrons. The second-order valence-electron chi connectivity index (χ2n) is 3.99. The number of hydrogen-bond donors (Lipinski definition) is 0. The number of fused-ring (bicyclic) bond motifs is 1. The summed E-state index contributed by atoms with van der Waals surface area (Å²) in [5.74, 6) is 1.38. The largest absolute Gasteiger partial charge is 0.496 e. The Hall–Kier alpha value is -2.07. The molecule has 2 aromatic carbocycles. The molecule has 0 fully saturated rings. The van der Waals surface area contributed by atoms with Gasteiger partial charge in [0.2, 0.25) is 0 Å². The zero-order chi connectivity index (χ0) is 13.7. The molecule has 0 saturated heterocycles. The van der Waals surface area contributed by atoms with E-state index < -0.39 is 0 Å². The van der Waals surface area contributed by atoms with E-state index in [-0.39, 0.29) is 0 Å². The second kappa shape index (κ2) is 6.20. The van der Waals surface area contributed by atoms with E-state index in [4.69, 9.17) is 14.2 Å². The average molecular weight is 260 g/mol. The lowest BCUT2D eigenvalue weighted by Gasteiger charge is -2.12. The van der Waals surface area contributed by atoms with Gasteiger partial charge in [0.25, 0.3) is 0 Å². The fourth-order valence-electron chi connectivity index (χ4n) is 2.00. The Bertz CT molecular complexity index is 578. The van der Waals surface area contributed by atoms with Crippen LogP contribution in [-0.2, 0) is 4.74 Å². The second-order valence-corrected chi connectivity index (χ2v) is 3.99. The molecule has 2 rings (SSSR count). The van der Waals surface area contributed by atoms with Crippen molar-refractivity contribution in [2.45, 2.75) is 0 Å². The summed E-state index contributed by atoms with van der Waals surface area (Å²) in [5, 5.41) is 1.63. The first-order valence-electron chi connectivity index (χ1n) is 5.98. The summed E-state index contributed by atoms with van der Waals surface area (Å²) < 4.78 is 15.9. The van der Waals surface area contributed by atoms with Crippen LogP contribution < -0.4 is 9.47 Å². The molecule has 0 amide bonds. The van der Waals surface area contributed by atoms with Crippen LogP contribution in [0.1, 0.15) is 10.4 Å². The van der Waals surface area contributed by atoms with Gasteiger partial charge in [0.15, 0.2) is 6.29 Å². The lowest BCUT2D eigenvalue weighted by Crippen LogP contribution is -2.05. The minimum absolute atomic E-state index is 0.436. The molecule has 0 atom stereocenters. The van der Waals surface area contributed by atoms with Gasteiger partial charge in [-0.05, 0) is 18.2 Å². The molecule has 19 heavy (non-hydrogen) atoms. The summed E-state index contributed by atoms with van der Waals surface area (Å²) in [6.07, 6.45) is 0.824. The van der Waals surface area contributed by atoms with Gasteiger partial charge in [-0.25, -0.2) is 0 Å². The first kappa shape index (κ1) is 13.4. The number of hydrogen-bond acceptors (Lipinski definition) is 4. The van der Waals surface area contributed by atoms with E-state index in [2.05, 4.69) is 0 Å². The highest BCUT2D eigenvalue weighted by molar-refractivity contribution is 6.04. The first-order chi connectivity index (χ1) is 9.31. The number of carbonyl (C=O) groups is 1.